The number of Topliss-reactive ketones (excluding diaryl/α,β-unsaturated/α-hetero) is 1. The van der Waals surface area contributed by atoms with Gasteiger partial charge in [-0.2, -0.15) is 0 Å². The number of aromatic nitrogens is 1. The molecule has 1 N–H and O–H groups in total. The average molecular weight is 387 g/mol. The molecule has 1 aromatic heterocycles. The number of hydrogen-bond donors (Lipinski definition) is 1. The molecular weight excluding hydrogens is 362 g/mol. The van der Waals surface area contributed by atoms with Crippen LogP contribution < -0.4 is 4.74 Å². The number of H-pyrrole nitrogens is 1. The van der Waals surface area contributed by atoms with Gasteiger partial charge < -0.3 is 19.2 Å². The van der Waals surface area contributed by atoms with Gasteiger partial charge in [-0.25, -0.2) is 9.59 Å². The lowest BCUT2D eigenvalue weighted by molar-refractivity contribution is -0.144. The van der Waals surface area contributed by atoms with Gasteiger partial charge in [0.15, 0.2) is 13.2 Å². The Hall–Kier alpha value is -3.09. The van der Waals surface area contributed by atoms with E-state index in [9.17, 15) is 14.4 Å². The van der Waals surface area contributed by atoms with Crippen LogP contribution in [0.2, 0.25) is 0 Å². The van der Waals surface area contributed by atoms with Crippen molar-refractivity contribution in [2.75, 3.05) is 19.8 Å². The van der Waals surface area contributed by atoms with Crippen molar-refractivity contribution in [3.63, 3.8) is 0 Å². The van der Waals surface area contributed by atoms with Crippen molar-refractivity contribution < 1.29 is 28.6 Å². The number of ketones is 1. The van der Waals surface area contributed by atoms with Gasteiger partial charge in [0.2, 0.25) is 5.78 Å². The summed E-state index contributed by atoms with van der Waals surface area (Å²) in [5, 5.41) is 0. The first-order valence-corrected chi connectivity index (χ1v) is 8.99. The molecule has 0 aliphatic carbocycles. The van der Waals surface area contributed by atoms with Crippen LogP contribution in [0.3, 0.4) is 0 Å². The number of esters is 2. The number of benzene rings is 1. The molecule has 0 amide bonds. The van der Waals surface area contributed by atoms with Gasteiger partial charge in [-0.1, -0.05) is 17.7 Å². The molecule has 0 fully saturated rings. The summed E-state index contributed by atoms with van der Waals surface area (Å²) in [6, 6.07) is 5.61. The van der Waals surface area contributed by atoms with Gasteiger partial charge in [0.05, 0.1) is 17.9 Å². The van der Waals surface area contributed by atoms with E-state index >= 15 is 0 Å². The normalized spacial score (nSPS) is 10.5. The molecule has 28 heavy (non-hydrogen) atoms. The molecule has 2 aromatic rings. The zero-order chi connectivity index (χ0) is 20.8. The van der Waals surface area contributed by atoms with Crippen molar-refractivity contribution in [1.29, 1.82) is 0 Å². The van der Waals surface area contributed by atoms with Crippen LogP contribution in [0, 0.1) is 27.7 Å². The maximum Gasteiger partial charge on any atom is 0.344 e. The summed E-state index contributed by atoms with van der Waals surface area (Å²) in [6.07, 6.45) is 0. The Morgan fingerprint density at radius 3 is 2.36 bits per heavy atom. The molecule has 0 aliphatic rings. The molecule has 0 radical (unpaired) electrons. The van der Waals surface area contributed by atoms with Crippen LogP contribution in [0.1, 0.15) is 50.2 Å². The zero-order valence-electron chi connectivity index (χ0n) is 16.8. The SMILES string of the molecule is CCOC(=O)c1c(C)[nH]c(C(=O)COC(=O)COc2ccc(C)cc2C)c1C. The van der Waals surface area contributed by atoms with Crippen LogP contribution in [-0.2, 0) is 14.3 Å². The smallest absolute Gasteiger partial charge is 0.344 e. The fourth-order valence-electron chi connectivity index (χ4n) is 2.90. The van der Waals surface area contributed by atoms with Crippen LogP contribution in [0.4, 0.5) is 0 Å². The molecule has 150 valence electrons. The molecule has 7 heteroatoms. The Balaban J connectivity index is 1.94. The topological polar surface area (TPSA) is 94.7 Å². The van der Waals surface area contributed by atoms with Crippen molar-refractivity contribution >= 4 is 17.7 Å². The number of carbonyl (C=O) groups is 3. The first-order valence-electron chi connectivity index (χ1n) is 8.99. The second-order valence-electron chi connectivity index (χ2n) is 6.49. The van der Waals surface area contributed by atoms with E-state index in [0.29, 0.717) is 22.6 Å². The Labute approximate surface area is 164 Å². The van der Waals surface area contributed by atoms with E-state index < -0.39 is 24.3 Å². The molecular formula is C21H25NO6. The Kier molecular flexibility index (Phi) is 6.98. The molecule has 1 heterocycles. The molecule has 1 aromatic carbocycles. The summed E-state index contributed by atoms with van der Waals surface area (Å²) in [6.45, 7) is 8.38. The summed E-state index contributed by atoms with van der Waals surface area (Å²) in [7, 11) is 0. The predicted octanol–water partition coefficient (Wildman–Crippen LogP) is 3.23. The van der Waals surface area contributed by atoms with Gasteiger partial charge in [0, 0.05) is 5.69 Å². The van der Waals surface area contributed by atoms with Gasteiger partial charge in [-0.15, -0.1) is 0 Å². The molecule has 0 atom stereocenters. The number of aromatic amines is 1. The third kappa shape index (κ3) is 5.00. The minimum absolute atomic E-state index is 0.226. The highest BCUT2D eigenvalue weighted by Crippen LogP contribution is 2.20. The maximum absolute atomic E-state index is 12.4. The van der Waals surface area contributed by atoms with E-state index in [4.69, 9.17) is 14.2 Å². The molecule has 0 saturated heterocycles. The van der Waals surface area contributed by atoms with Crippen molar-refractivity contribution in [2.45, 2.75) is 34.6 Å². The summed E-state index contributed by atoms with van der Waals surface area (Å²) in [4.78, 5) is 39.2. The third-order valence-corrected chi connectivity index (χ3v) is 4.24. The van der Waals surface area contributed by atoms with E-state index in [1.165, 1.54) is 0 Å². The van der Waals surface area contributed by atoms with Gasteiger partial charge in [0.25, 0.3) is 0 Å². The van der Waals surface area contributed by atoms with Crippen LogP contribution in [0.5, 0.6) is 5.75 Å². The van der Waals surface area contributed by atoms with Crippen molar-refractivity contribution in [1.82, 2.24) is 4.98 Å². The Morgan fingerprint density at radius 2 is 1.71 bits per heavy atom. The second-order valence-corrected chi connectivity index (χ2v) is 6.49. The van der Waals surface area contributed by atoms with E-state index in [1.54, 1.807) is 26.8 Å². The standard InChI is InChI=1S/C21H25NO6/c1-6-26-21(25)19-14(4)20(22-15(19)5)16(23)10-28-18(24)11-27-17-8-7-12(2)9-13(17)3/h7-9,22H,6,10-11H2,1-5H3. The molecule has 0 bridgehead atoms. The van der Waals surface area contributed by atoms with Gasteiger partial charge in [0.1, 0.15) is 5.75 Å². The number of nitrogens with one attached hydrogen (secondary N) is 1. The number of hydrogen-bond acceptors (Lipinski definition) is 6. The van der Waals surface area contributed by atoms with E-state index in [1.807, 2.05) is 26.0 Å². The third-order valence-electron chi connectivity index (χ3n) is 4.24. The predicted molar refractivity (Wildman–Crippen MR) is 103 cm³/mol. The minimum atomic E-state index is -0.653. The molecule has 0 aliphatic heterocycles. The quantitative estimate of drug-likeness (QED) is 0.552. The lowest BCUT2D eigenvalue weighted by atomic mass is 10.1. The van der Waals surface area contributed by atoms with Crippen molar-refractivity contribution in [3.8, 4) is 5.75 Å². The molecule has 0 saturated carbocycles. The van der Waals surface area contributed by atoms with Crippen LogP contribution in [-0.4, -0.2) is 42.5 Å². The van der Waals surface area contributed by atoms with Crippen LogP contribution >= 0.6 is 0 Å². The van der Waals surface area contributed by atoms with E-state index in [0.717, 1.165) is 11.1 Å². The fourth-order valence-corrected chi connectivity index (χ4v) is 2.90. The minimum Gasteiger partial charge on any atom is -0.482 e. The number of aryl methyl sites for hydroxylation is 3. The Morgan fingerprint density at radius 1 is 1.00 bits per heavy atom. The maximum atomic E-state index is 12.4. The first-order chi connectivity index (χ1) is 13.2. The highest BCUT2D eigenvalue weighted by molar-refractivity contribution is 6.02. The summed E-state index contributed by atoms with van der Waals surface area (Å²) >= 11 is 0. The zero-order valence-corrected chi connectivity index (χ0v) is 16.8. The highest BCUT2D eigenvalue weighted by Gasteiger charge is 2.23. The van der Waals surface area contributed by atoms with Crippen LogP contribution in [0.15, 0.2) is 18.2 Å². The largest absolute Gasteiger partial charge is 0.482 e. The second kappa shape index (κ2) is 9.21. The lowest BCUT2D eigenvalue weighted by Crippen LogP contribution is -2.20. The number of ether oxygens (including phenoxy) is 3. The van der Waals surface area contributed by atoms with Gasteiger partial charge >= 0.3 is 11.9 Å². The fraction of sp³-hybridized carbons (Fsp3) is 0.381. The monoisotopic (exact) mass is 387 g/mol. The van der Waals surface area contributed by atoms with E-state index in [2.05, 4.69) is 4.98 Å². The average Bonchev–Trinajstić information content (AvgIpc) is 2.93. The summed E-state index contributed by atoms with van der Waals surface area (Å²) in [5.74, 6) is -0.994. The first kappa shape index (κ1) is 21.2. The van der Waals surface area contributed by atoms with Crippen molar-refractivity contribution in [2.24, 2.45) is 0 Å². The Bertz CT molecular complexity index is 897. The summed E-state index contributed by atoms with van der Waals surface area (Å²) < 4.78 is 15.4. The number of rotatable bonds is 8. The lowest BCUT2D eigenvalue weighted by Gasteiger charge is -2.09. The molecule has 0 unspecified atom stereocenters. The van der Waals surface area contributed by atoms with E-state index in [-0.39, 0.29) is 18.9 Å². The van der Waals surface area contributed by atoms with Crippen molar-refractivity contribution in [3.05, 3.63) is 51.8 Å². The van der Waals surface area contributed by atoms with Gasteiger partial charge in [-0.3, -0.25) is 4.79 Å². The number of carbonyl (C=O) groups excluding carboxylic acids is 3. The molecule has 0 spiro atoms. The highest BCUT2D eigenvalue weighted by atomic mass is 16.6. The van der Waals surface area contributed by atoms with Gasteiger partial charge in [-0.05, 0) is 51.8 Å². The van der Waals surface area contributed by atoms with Crippen LogP contribution in [0.25, 0.3) is 0 Å². The molecule has 7 nitrogen and oxygen atoms in total. The molecule has 2 rings (SSSR count). The summed E-state index contributed by atoms with van der Waals surface area (Å²) in [5.41, 5.74) is 3.57.